The van der Waals surface area contributed by atoms with Gasteiger partial charge in [-0.2, -0.15) is 4.68 Å². The second-order valence-corrected chi connectivity index (χ2v) is 5.30. The molecule has 8 nitrogen and oxygen atoms in total. The van der Waals surface area contributed by atoms with E-state index in [0.29, 0.717) is 30.0 Å². The monoisotopic (exact) mass is 293 g/mol. The number of likely N-dealkylation sites (tertiary alicyclic amines) is 1. The van der Waals surface area contributed by atoms with Crippen molar-refractivity contribution in [3.8, 4) is 5.69 Å². The summed E-state index contributed by atoms with van der Waals surface area (Å²) in [5, 5.41) is 21.7. The quantitative estimate of drug-likeness (QED) is 0.879. The van der Waals surface area contributed by atoms with Gasteiger partial charge in [0.1, 0.15) is 17.2 Å². The maximum Gasteiger partial charge on any atom is 0.326 e. The zero-order valence-corrected chi connectivity index (χ0v) is 11.2. The van der Waals surface area contributed by atoms with E-state index in [1.54, 1.807) is 11.4 Å². The van der Waals surface area contributed by atoms with E-state index in [0.717, 1.165) is 0 Å². The summed E-state index contributed by atoms with van der Waals surface area (Å²) >= 11 is 1.26. The lowest BCUT2D eigenvalue weighted by Gasteiger charge is -2.21. The first-order valence-corrected chi connectivity index (χ1v) is 6.91. The molecule has 2 aromatic rings. The van der Waals surface area contributed by atoms with Gasteiger partial charge in [-0.25, -0.2) is 4.79 Å². The van der Waals surface area contributed by atoms with Crippen LogP contribution in [0.5, 0.6) is 0 Å². The van der Waals surface area contributed by atoms with Gasteiger partial charge in [0.15, 0.2) is 0 Å². The molecule has 20 heavy (non-hydrogen) atoms. The normalized spacial score (nSPS) is 18.4. The molecule has 3 rings (SSSR count). The van der Waals surface area contributed by atoms with Crippen LogP contribution in [0.3, 0.4) is 0 Å². The molecule has 0 radical (unpaired) electrons. The maximum absolute atomic E-state index is 12.5. The number of tetrazole rings is 1. The molecule has 3 heterocycles. The van der Waals surface area contributed by atoms with Crippen LogP contribution in [-0.4, -0.2) is 54.7 Å². The van der Waals surface area contributed by atoms with Crippen LogP contribution < -0.4 is 0 Å². The second-order valence-electron chi connectivity index (χ2n) is 4.38. The molecule has 2 aromatic heterocycles. The smallest absolute Gasteiger partial charge is 0.326 e. The van der Waals surface area contributed by atoms with Gasteiger partial charge >= 0.3 is 5.97 Å². The van der Waals surface area contributed by atoms with Gasteiger partial charge in [0.2, 0.25) is 0 Å². The van der Waals surface area contributed by atoms with Gasteiger partial charge in [-0.05, 0) is 34.7 Å². The molecule has 1 saturated heterocycles. The van der Waals surface area contributed by atoms with Crippen LogP contribution in [0, 0.1) is 0 Å². The van der Waals surface area contributed by atoms with Gasteiger partial charge in [0, 0.05) is 6.54 Å². The number of aliphatic carboxylic acids is 1. The zero-order chi connectivity index (χ0) is 14.1. The average molecular weight is 293 g/mol. The first-order chi connectivity index (χ1) is 9.68. The van der Waals surface area contributed by atoms with E-state index in [-0.39, 0.29) is 5.91 Å². The van der Waals surface area contributed by atoms with Crippen molar-refractivity contribution in [1.82, 2.24) is 25.1 Å². The Hall–Kier alpha value is -2.29. The Bertz CT molecular complexity index is 638. The highest BCUT2D eigenvalue weighted by Crippen LogP contribution is 2.26. The topological polar surface area (TPSA) is 101 Å². The number of hydrogen-bond donors (Lipinski definition) is 1. The third-order valence-corrected chi connectivity index (χ3v) is 4.12. The number of carbonyl (C=O) groups is 2. The number of amides is 1. The molecule has 0 bridgehead atoms. The molecule has 1 fully saturated rings. The lowest BCUT2D eigenvalue weighted by molar-refractivity contribution is -0.141. The standard InChI is InChI=1S/C11H11N5O3S/c17-10(15-4-1-2-8(15)11(18)19)9-7(3-5-20-9)16-6-12-13-14-16/h3,5-6,8H,1-2,4H2,(H,18,19). The predicted molar refractivity (Wildman–Crippen MR) is 68.7 cm³/mol. The number of hydrogen-bond acceptors (Lipinski definition) is 6. The Morgan fingerprint density at radius 2 is 2.30 bits per heavy atom. The SMILES string of the molecule is O=C(O)C1CCCN1C(=O)c1sccc1-n1cnnn1. The summed E-state index contributed by atoms with van der Waals surface area (Å²) in [6.07, 6.45) is 2.60. The minimum absolute atomic E-state index is 0.282. The van der Waals surface area contributed by atoms with E-state index in [2.05, 4.69) is 15.5 Å². The third-order valence-electron chi connectivity index (χ3n) is 3.23. The van der Waals surface area contributed by atoms with Gasteiger partial charge in [-0.3, -0.25) is 4.79 Å². The number of rotatable bonds is 3. The molecule has 9 heteroatoms. The van der Waals surface area contributed by atoms with Crippen LogP contribution in [-0.2, 0) is 4.79 Å². The van der Waals surface area contributed by atoms with Crippen molar-refractivity contribution in [2.45, 2.75) is 18.9 Å². The highest BCUT2D eigenvalue weighted by atomic mass is 32.1. The summed E-state index contributed by atoms with van der Waals surface area (Å²) in [4.78, 5) is 25.6. The van der Waals surface area contributed by atoms with E-state index < -0.39 is 12.0 Å². The number of carboxylic acids is 1. The largest absolute Gasteiger partial charge is 0.480 e. The molecule has 1 aliphatic heterocycles. The summed E-state index contributed by atoms with van der Waals surface area (Å²) in [7, 11) is 0. The van der Waals surface area contributed by atoms with Gasteiger partial charge in [0.05, 0.1) is 5.69 Å². The first-order valence-electron chi connectivity index (χ1n) is 6.03. The number of aromatic nitrogens is 4. The van der Waals surface area contributed by atoms with Crippen molar-refractivity contribution >= 4 is 23.2 Å². The summed E-state index contributed by atoms with van der Waals surface area (Å²) in [5.74, 6) is -1.24. The van der Waals surface area contributed by atoms with E-state index >= 15 is 0 Å². The second kappa shape index (κ2) is 5.00. The van der Waals surface area contributed by atoms with Crippen molar-refractivity contribution < 1.29 is 14.7 Å². The fourth-order valence-corrected chi connectivity index (χ4v) is 3.14. The zero-order valence-electron chi connectivity index (χ0n) is 10.3. The highest BCUT2D eigenvalue weighted by Gasteiger charge is 2.35. The molecule has 1 aliphatic rings. The minimum atomic E-state index is -0.962. The predicted octanol–water partition coefficient (Wildman–Crippen LogP) is 0.413. The summed E-state index contributed by atoms with van der Waals surface area (Å²) in [6, 6.07) is 0.992. The van der Waals surface area contributed by atoms with E-state index in [4.69, 9.17) is 5.11 Å². The maximum atomic E-state index is 12.5. The minimum Gasteiger partial charge on any atom is -0.480 e. The van der Waals surface area contributed by atoms with Crippen LogP contribution in [0.1, 0.15) is 22.5 Å². The molecule has 0 spiro atoms. The summed E-state index contributed by atoms with van der Waals surface area (Å²) in [6.45, 7) is 0.461. The van der Waals surface area contributed by atoms with Gasteiger partial charge < -0.3 is 10.0 Å². The number of nitrogens with zero attached hydrogens (tertiary/aromatic N) is 5. The van der Waals surface area contributed by atoms with E-state index in [1.165, 1.54) is 27.2 Å². The van der Waals surface area contributed by atoms with Crippen LogP contribution in [0.2, 0.25) is 0 Å². The van der Waals surface area contributed by atoms with Crippen LogP contribution >= 0.6 is 11.3 Å². The molecular formula is C11H11N5O3S. The fraction of sp³-hybridized carbons (Fsp3) is 0.364. The summed E-state index contributed by atoms with van der Waals surface area (Å²) < 4.78 is 1.40. The van der Waals surface area contributed by atoms with Crippen LogP contribution in [0.15, 0.2) is 17.8 Å². The molecule has 1 atom stereocenters. The Morgan fingerprint density at radius 3 is 3.00 bits per heavy atom. The molecule has 0 saturated carbocycles. The lowest BCUT2D eigenvalue weighted by Crippen LogP contribution is -2.40. The first kappa shape index (κ1) is 12.7. The van der Waals surface area contributed by atoms with Crippen molar-refractivity contribution in [1.29, 1.82) is 0 Å². The molecular weight excluding hydrogens is 282 g/mol. The van der Waals surface area contributed by atoms with Crippen LogP contribution in [0.25, 0.3) is 5.69 Å². The molecule has 1 N–H and O–H groups in total. The number of carbonyl (C=O) groups excluding carboxylic acids is 1. The lowest BCUT2D eigenvalue weighted by atomic mass is 10.2. The Kier molecular flexibility index (Phi) is 3.18. The van der Waals surface area contributed by atoms with Crippen molar-refractivity contribution in [3.63, 3.8) is 0 Å². The van der Waals surface area contributed by atoms with Gasteiger partial charge in [-0.15, -0.1) is 16.4 Å². The molecule has 0 aromatic carbocycles. The van der Waals surface area contributed by atoms with E-state index in [1.807, 2.05) is 0 Å². The summed E-state index contributed by atoms with van der Waals surface area (Å²) in [5.41, 5.74) is 0.570. The van der Waals surface area contributed by atoms with Crippen molar-refractivity contribution in [3.05, 3.63) is 22.7 Å². The van der Waals surface area contributed by atoms with Gasteiger partial charge in [0.25, 0.3) is 5.91 Å². The van der Waals surface area contributed by atoms with Crippen molar-refractivity contribution in [2.24, 2.45) is 0 Å². The van der Waals surface area contributed by atoms with Crippen molar-refractivity contribution in [2.75, 3.05) is 6.54 Å². The number of carboxylic acid groups (broad SMARTS) is 1. The molecule has 0 aliphatic carbocycles. The third kappa shape index (κ3) is 2.05. The average Bonchev–Trinajstić information content (AvgIpc) is 3.17. The number of thiophene rings is 1. The highest BCUT2D eigenvalue weighted by molar-refractivity contribution is 7.12. The molecule has 1 unspecified atom stereocenters. The van der Waals surface area contributed by atoms with E-state index in [9.17, 15) is 9.59 Å². The Labute approximate surface area is 117 Å². The Balaban J connectivity index is 1.92. The van der Waals surface area contributed by atoms with Crippen LogP contribution in [0.4, 0.5) is 0 Å². The molecule has 104 valence electrons. The fourth-order valence-electron chi connectivity index (χ4n) is 2.31. The Morgan fingerprint density at radius 1 is 1.45 bits per heavy atom. The van der Waals surface area contributed by atoms with Gasteiger partial charge in [-0.1, -0.05) is 0 Å². The molecule has 1 amide bonds.